The van der Waals surface area contributed by atoms with Crippen LogP contribution in [0.15, 0.2) is 40.7 Å². The van der Waals surface area contributed by atoms with E-state index < -0.39 is 0 Å². The molecule has 0 fully saturated rings. The Morgan fingerprint density at radius 1 is 1.27 bits per heavy atom. The highest BCUT2D eigenvalue weighted by molar-refractivity contribution is 7.16. The highest BCUT2D eigenvalue weighted by atomic mass is 32.1. The minimum Gasteiger partial charge on any atom is -0.493 e. The number of hydrogen-bond acceptors (Lipinski definition) is 5. The molecule has 0 atom stereocenters. The van der Waals surface area contributed by atoms with Gasteiger partial charge in [-0.2, -0.15) is 4.99 Å². The highest BCUT2D eigenvalue weighted by Crippen LogP contribution is 2.33. The summed E-state index contributed by atoms with van der Waals surface area (Å²) in [6.45, 7) is 2.87. The van der Waals surface area contributed by atoms with Crippen LogP contribution in [-0.2, 0) is 11.3 Å². The van der Waals surface area contributed by atoms with Crippen molar-refractivity contribution < 1.29 is 14.3 Å². The van der Waals surface area contributed by atoms with Gasteiger partial charge in [-0.3, -0.25) is 4.79 Å². The quantitative estimate of drug-likeness (QED) is 0.591. The van der Waals surface area contributed by atoms with E-state index in [1.165, 1.54) is 17.4 Å². The minimum atomic E-state index is -0.270. The molecule has 0 aliphatic heterocycles. The Kier molecular flexibility index (Phi) is 5.90. The predicted molar refractivity (Wildman–Crippen MR) is 107 cm³/mol. The van der Waals surface area contributed by atoms with Crippen molar-refractivity contribution in [2.24, 2.45) is 4.99 Å². The van der Waals surface area contributed by atoms with E-state index in [4.69, 9.17) is 9.47 Å². The van der Waals surface area contributed by atoms with Gasteiger partial charge in [0.25, 0.3) is 5.91 Å². The number of carbonyl (C=O) groups excluding carboxylic acids is 1. The third-order valence-electron chi connectivity index (χ3n) is 3.77. The van der Waals surface area contributed by atoms with Crippen LogP contribution in [0.1, 0.15) is 18.2 Å². The lowest BCUT2D eigenvalue weighted by molar-refractivity contribution is -0.113. The molecule has 2 aromatic heterocycles. The maximum atomic E-state index is 12.3. The molecule has 0 N–H and O–H groups in total. The van der Waals surface area contributed by atoms with Gasteiger partial charge in [-0.25, -0.2) is 0 Å². The van der Waals surface area contributed by atoms with Crippen molar-refractivity contribution in [1.29, 1.82) is 0 Å². The van der Waals surface area contributed by atoms with E-state index >= 15 is 0 Å². The van der Waals surface area contributed by atoms with E-state index in [0.29, 0.717) is 16.3 Å². The molecule has 0 unspecified atom stereocenters. The van der Waals surface area contributed by atoms with E-state index in [9.17, 15) is 4.79 Å². The Bertz CT molecular complexity index is 998. The van der Waals surface area contributed by atoms with Crippen LogP contribution < -0.4 is 14.3 Å². The SMILES string of the molecule is CCCn1c(=NC(=O)/C=C/c2cccs2)sc2cc(OC)c(OC)cc21. The summed E-state index contributed by atoms with van der Waals surface area (Å²) in [4.78, 5) is 18.3. The molecule has 3 rings (SSSR count). The average Bonchev–Trinajstić information content (AvgIpc) is 3.27. The van der Waals surface area contributed by atoms with Crippen molar-refractivity contribution in [3.05, 3.63) is 45.4 Å². The number of methoxy groups -OCH3 is 2. The second-order valence-electron chi connectivity index (χ2n) is 5.51. The number of carbonyl (C=O) groups is 1. The summed E-state index contributed by atoms with van der Waals surface area (Å²) in [6.07, 6.45) is 4.24. The first kappa shape index (κ1) is 18.4. The molecule has 136 valence electrons. The van der Waals surface area contributed by atoms with Crippen LogP contribution in [0.3, 0.4) is 0 Å². The molecule has 0 radical (unpaired) electrons. The normalized spacial score (nSPS) is 12.2. The van der Waals surface area contributed by atoms with Crippen molar-refractivity contribution in [3.8, 4) is 11.5 Å². The van der Waals surface area contributed by atoms with Crippen LogP contribution >= 0.6 is 22.7 Å². The third kappa shape index (κ3) is 3.89. The number of amides is 1. The Morgan fingerprint density at radius 3 is 2.69 bits per heavy atom. The van der Waals surface area contributed by atoms with Gasteiger partial charge in [0.15, 0.2) is 16.3 Å². The molecule has 0 saturated heterocycles. The number of thiazole rings is 1. The lowest BCUT2D eigenvalue weighted by atomic mass is 10.3. The molecule has 3 aromatic rings. The first-order chi connectivity index (χ1) is 12.7. The molecule has 7 heteroatoms. The Labute approximate surface area is 159 Å². The fourth-order valence-electron chi connectivity index (χ4n) is 2.59. The lowest BCUT2D eigenvalue weighted by Gasteiger charge is -2.08. The Hall–Kier alpha value is -2.38. The molecule has 0 aliphatic carbocycles. The number of fused-ring (bicyclic) bond motifs is 1. The molecular formula is C19H20N2O3S2. The highest BCUT2D eigenvalue weighted by Gasteiger charge is 2.12. The van der Waals surface area contributed by atoms with Gasteiger partial charge >= 0.3 is 0 Å². The third-order valence-corrected chi connectivity index (χ3v) is 5.65. The van der Waals surface area contributed by atoms with Gasteiger partial charge in [-0.05, 0) is 23.9 Å². The summed E-state index contributed by atoms with van der Waals surface area (Å²) in [5, 5.41) is 1.98. The van der Waals surface area contributed by atoms with Gasteiger partial charge in [-0.1, -0.05) is 24.3 Å². The molecule has 5 nitrogen and oxygen atoms in total. The average molecular weight is 389 g/mol. The molecule has 2 heterocycles. The van der Waals surface area contributed by atoms with Gasteiger partial charge in [0.1, 0.15) is 0 Å². The maximum absolute atomic E-state index is 12.3. The largest absolute Gasteiger partial charge is 0.493 e. The molecule has 0 saturated carbocycles. The summed E-state index contributed by atoms with van der Waals surface area (Å²) < 4.78 is 13.8. The lowest BCUT2D eigenvalue weighted by Crippen LogP contribution is -2.16. The number of aryl methyl sites for hydroxylation is 1. The predicted octanol–water partition coefficient (Wildman–Crippen LogP) is 4.33. The van der Waals surface area contributed by atoms with Gasteiger partial charge < -0.3 is 14.0 Å². The van der Waals surface area contributed by atoms with Crippen LogP contribution in [0.4, 0.5) is 0 Å². The van der Waals surface area contributed by atoms with Crippen molar-refractivity contribution in [1.82, 2.24) is 4.57 Å². The number of benzene rings is 1. The zero-order chi connectivity index (χ0) is 18.5. The van der Waals surface area contributed by atoms with Crippen molar-refractivity contribution >= 4 is 44.9 Å². The van der Waals surface area contributed by atoms with Gasteiger partial charge in [0.2, 0.25) is 0 Å². The fourth-order valence-corrected chi connectivity index (χ4v) is 4.28. The number of ether oxygens (including phenoxy) is 2. The summed E-state index contributed by atoms with van der Waals surface area (Å²) in [7, 11) is 3.23. The van der Waals surface area contributed by atoms with Crippen LogP contribution in [0.5, 0.6) is 11.5 Å². The molecule has 1 amide bonds. The molecule has 26 heavy (non-hydrogen) atoms. The summed E-state index contributed by atoms with van der Waals surface area (Å²) in [5.41, 5.74) is 0.989. The van der Waals surface area contributed by atoms with E-state index in [0.717, 1.165) is 28.1 Å². The fraction of sp³-hybridized carbons (Fsp3) is 0.263. The molecule has 0 bridgehead atoms. The van der Waals surface area contributed by atoms with E-state index in [-0.39, 0.29) is 5.91 Å². The smallest absolute Gasteiger partial charge is 0.272 e. The summed E-state index contributed by atoms with van der Waals surface area (Å²) in [6, 6.07) is 7.78. The van der Waals surface area contributed by atoms with Crippen molar-refractivity contribution in [3.63, 3.8) is 0 Å². The first-order valence-corrected chi connectivity index (χ1v) is 9.91. The van der Waals surface area contributed by atoms with Crippen LogP contribution in [0.25, 0.3) is 16.3 Å². The Morgan fingerprint density at radius 2 is 2.04 bits per heavy atom. The molecule has 0 aliphatic rings. The van der Waals surface area contributed by atoms with Crippen LogP contribution in [0, 0.1) is 0 Å². The van der Waals surface area contributed by atoms with Gasteiger partial charge in [0.05, 0.1) is 24.4 Å². The zero-order valence-corrected chi connectivity index (χ0v) is 16.5. The minimum absolute atomic E-state index is 0.270. The van der Waals surface area contributed by atoms with Crippen molar-refractivity contribution in [2.75, 3.05) is 14.2 Å². The number of rotatable bonds is 6. The second kappa shape index (κ2) is 8.33. The molecular weight excluding hydrogens is 368 g/mol. The van der Waals surface area contributed by atoms with Crippen LogP contribution in [-0.4, -0.2) is 24.7 Å². The summed E-state index contributed by atoms with van der Waals surface area (Å²) in [5.74, 6) is 1.06. The number of thiophene rings is 1. The van der Waals surface area contributed by atoms with Crippen molar-refractivity contribution in [2.45, 2.75) is 19.9 Å². The standard InChI is InChI=1S/C19H20N2O3S2/c1-4-9-21-14-11-15(23-2)16(24-3)12-17(14)26-19(21)20-18(22)8-7-13-6-5-10-25-13/h5-8,10-12H,4,9H2,1-3H3/b8-7+,20-19?. The van der Waals surface area contributed by atoms with Gasteiger partial charge in [0, 0.05) is 29.6 Å². The second-order valence-corrected chi connectivity index (χ2v) is 7.50. The van der Waals surface area contributed by atoms with Gasteiger partial charge in [-0.15, -0.1) is 11.3 Å². The summed E-state index contributed by atoms with van der Waals surface area (Å²) >= 11 is 3.06. The topological polar surface area (TPSA) is 52.8 Å². The number of nitrogens with zero attached hydrogens (tertiary/aromatic N) is 2. The monoisotopic (exact) mass is 388 g/mol. The molecule has 0 spiro atoms. The number of hydrogen-bond donors (Lipinski definition) is 0. The number of aromatic nitrogens is 1. The zero-order valence-electron chi connectivity index (χ0n) is 14.9. The Balaban J connectivity index is 2.06. The van der Waals surface area contributed by atoms with E-state index in [1.807, 2.05) is 29.6 Å². The van der Waals surface area contributed by atoms with E-state index in [2.05, 4.69) is 16.5 Å². The molecule has 1 aromatic carbocycles. The van der Waals surface area contributed by atoms with E-state index in [1.54, 1.807) is 31.6 Å². The first-order valence-electron chi connectivity index (χ1n) is 8.22. The van der Waals surface area contributed by atoms with Crippen LogP contribution in [0.2, 0.25) is 0 Å². The maximum Gasteiger partial charge on any atom is 0.272 e.